The minimum atomic E-state index is -0.874. The lowest BCUT2D eigenvalue weighted by molar-refractivity contribution is 0.0697. The van der Waals surface area contributed by atoms with Crippen LogP contribution in [0.4, 0.5) is 5.69 Å². The van der Waals surface area contributed by atoms with Crippen molar-refractivity contribution in [3.05, 3.63) is 29.3 Å². The molecule has 0 aromatic heterocycles. The Morgan fingerprint density at radius 2 is 2.32 bits per heavy atom. The number of carboxylic acid groups (broad SMARTS) is 1. The van der Waals surface area contributed by atoms with Crippen LogP contribution in [0.1, 0.15) is 35.7 Å². The minimum Gasteiger partial charge on any atom is -0.478 e. The van der Waals surface area contributed by atoms with Crippen molar-refractivity contribution in [2.24, 2.45) is 0 Å². The van der Waals surface area contributed by atoms with Crippen molar-refractivity contribution in [3.8, 4) is 0 Å². The molecule has 0 amide bonds. The van der Waals surface area contributed by atoms with Gasteiger partial charge in [0.2, 0.25) is 0 Å². The van der Waals surface area contributed by atoms with Crippen molar-refractivity contribution in [1.29, 1.82) is 0 Å². The Morgan fingerprint density at radius 1 is 1.53 bits per heavy atom. The smallest absolute Gasteiger partial charge is 0.337 e. The summed E-state index contributed by atoms with van der Waals surface area (Å²) in [6.07, 6.45) is 2.38. The second kappa shape index (κ2) is 6.06. The number of carbonyl (C=O) groups is 1. The fraction of sp³-hybridized carbons (Fsp3) is 0.533. The first-order valence-electron chi connectivity index (χ1n) is 6.82. The molecule has 0 aliphatic carbocycles. The summed E-state index contributed by atoms with van der Waals surface area (Å²) in [7, 11) is 0. The van der Waals surface area contributed by atoms with E-state index < -0.39 is 5.97 Å². The monoisotopic (exact) mass is 263 g/mol. The van der Waals surface area contributed by atoms with Gasteiger partial charge in [0.05, 0.1) is 17.4 Å². The van der Waals surface area contributed by atoms with Crippen LogP contribution in [0.15, 0.2) is 18.2 Å². The van der Waals surface area contributed by atoms with Crippen LogP contribution >= 0.6 is 0 Å². The van der Waals surface area contributed by atoms with Crippen LogP contribution in [0.3, 0.4) is 0 Å². The van der Waals surface area contributed by atoms with Crippen molar-refractivity contribution >= 4 is 11.7 Å². The van der Waals surface area contributed by atoms with Gasteiger partial charge in [-0.25, -0.2) is 4.79 Å². The second-order valence-electron chi connectivity index (χ2n) is 5.00. The lowest BCUT2D eigenvalue weighted by Crippen LogP contribution is -2.33. The Morgan fingerprint density at radius 3 is 2.89 bits per heavy atom. The second-order valence-corrected chi connectivity index (χ2v) is 5.00. The Bertz CT molecular complexity index is 453. The molecule has 1 heterocycles. The van der Waals surface area contributed by atoms with E-state index in [9.17, 15) is 9.90 Å². The number of carboxylic acids is 1. The minimum absolute atomic E-state index is 0.224. The van der Waals surface area contributed by atoms with E-state index >= 15 is 0 Å². The number of benzene rings is 1. The van der Waals surface area contributed by atoms with Gasteiger partial charge >= 0.3 is 5.97 Å². The zero-order valence-corrected chi connectivity index (χ0v) is 11.6. The predicted octanol–water partition coefficient (Wildman–Crippen LogP) is 2.70. The highest BCUT2D eigenvalue weighted by Gasteiger charge is 2.21. The summed E-state index contributed by atoms with van der Waals surface area (Å²) in [6.45, 7) is 6.39. The topological polar surface area (TPSA) is 49.8 Å². The van der Waals surface area contributed by atoms with Crippen molar-refractivity contribution in [3.63, 3.8) is 0 Å². The molecule has 1 aromatic carbocycles. The van der Waals surface area contributed by atoms with Crippen LogP contribution in [0.25, 0.3) is 0 Å². The molecule has 1 aromatic rings. The fourth-order valence-corrected chi connectivity index (χ4v) is 2.52. The van der Waals surface area contributed by atoms with Gasteiger partial charge in [0.25, 0.3) is 0 Å². The molecule has 1 fully saturated rings. The molecule has 1 N–H and O–H groups in total. The zero-order valence-electron chi connectivity index (χ0n) is 11.6. The van der Waals surface area contributed by atoms with Crippen molar-refractivity contribution in [2.75, 3.05) is 24.6 Å². The van der Waals surface area contributed by atoms with E-state index in [-0.39, 0.29) is 6.10 Å². The maximum absolute atomic E-state index is 11.3. The number of likely N-dealkylation sites (N-methyl/N-ethyl adjacent to an activating group) is 1. The van der Waals surface area contributed by atoms with Gasteiger partial charge in [-0.3, -0.25) is 0 Å². The summed E-state index contributed by atoms with van der Waals surface area (Å²) in [5.41, 5.74) is 2.24. The van der Waals surface area contributed by atoms with Gasteiger partial charge < -0.3 is 14.7 Å². The van der Waals surface area contributed by atoms with Gasteiger partial charge in [-0.2, -0.15) is 0 Å². The molecule has 4 nitrogen and oxygen atoms in total. The first-order chi connectivity index (χ1) is 9.11. The number of hydrogen-bond donors (Lipinski definition) is 1. The lowest BCUT2D eigenvalue weighted by atomic mass is 10.1. The van der Waals surface area contributed by atoms with E-state index in [0.717, 1.165) is 43.8 Å². The van der Waals surface area contributed by atoms with Gasteiger partial charge in [0.1, 0.15) is 0 Å². The van der Waals surface area contributed by atoms with Crippen LogP contribution in [-0.4, -0.2) is 36.9 Å². The molecule has 0 spiro atoms. The van der Waals surface area contributed by atoms with Gasteiger partial charge in [-0.1, -0.05) is 6.07 Å². The summed E-state index contributed by atoms with van der Waals surface area (Å²) < 4.78 is 5.65. The van der Waals surface area contributed by atoms with Crippen molar-refractivity contribution in [1.82, 2.24) is 0 Å². The number of rotatable bonds is 5. The van der Waals surface area contributed by atoms with Crippen LogP contribution in [0, 0.1) is 6.92 Å². The van der Waals surface area contributed by atoms with Gasteiger partial charge in [-0.05, 0) is 44.4 Å². The molecule has 1 atom stereocenters. The van der Waals surface area contributed by atoms with E-state index in [1.807, 2.05) is 26.0 Å². The van der Waals surface area contributed by atoms with E-state index in [1.54, 1.807) is 6.07 Å². The molecule has 19 heavy (non-hydrogen) atoms. The maximum Gasteiger partial charge on any atom is 0.337 e. The predicted molar refractivity (Wildman–Crippen MR) is 75.0 cm³/mol. The zero-order chi connectivity index (χ0) is 13.8. The van der Waals surface area contributed by atoms with Crippen molar-refractivity contribution < 1.29 is 14.6 Å². The molecule has 4 heteroatoms. The number of nitrogens with zero attached hydrogens (tertiary/aromatic N) is 1. The van der Waals surface area contributed by atoms with Gasteiger partial charge in [0, 0.05) is 19.7 Å². The highest BCUT2D eigenvalue weighted by molar-refractivity contribution is 5.94. The number of ether oxygens (including phenoxy) is 1. The highest BCUT2D eigenvalue weighted by atomic mass is 16.5. The Kier molecular flexibility index (Phi) is 4.43. The molecule has 0 radical (unpaired) electrons. The molecule has 1 aliphatic rings. The normalized spacial score (nSPS) is 18.5. The third-order valence-corrected chi connectivity index (χ3v) is 3.55. The maximum atomic E-state index is 11.3. The van der Waals surface area contributed by atoms with Crippen LogP contribution in [0.5, 0.6) is 0 Å². The number of aryl methyl sites for hydroxylation is 1. The third-order valence-electron chi connectivity index (χ3n) is 3.55. The standard InChI is InChI=1S/C15H21NO3/c1-3-16(10-12-5-4-8-19-12)14-9-11(2)6-7-13(14)15(17)18/h6-7,9,12H,3-5,8,10H2,1-2H3,(H,17,18). The largest absolute Gasteiger partial charge is 0.478 e. The highest BCUT2D eigenvalue weighted by Crippen LogP contribution is 2.24. The summed E-state index contributed by atoms with van der Waals surface area (Å²) in [6, 6.07) is 5.47. The SMILES string of the molecule is CCN(CC1CCCO1)c1cc(C)ccc1C(=O)O. The Labute approximate surface area is 114 Å². The van der Waals surface area contributed by atoms with Crippen molar-refractivity contribution in [2.45, 2.75) is 32.8 Å². The molecular weight excluding hydrogens is 242 g/mol. The first kappa shape index (κ1) is 13.9. The molecule has 0 bridgehead atoms. The third kappa shape index (κ3) is 3.26. The summed E-state index contributed by atoms with van der Waals surface area (Å²) >= 11 is 0. The molecule has 0 saturated carbocycles. The number of aromatic carboxylic acids is 1. The molecule has 2 rings (SSSR count). The summed E-state index contributed by atoms with van der Waals surface area (Å²) in [4.78, 5) is 13.4. The molecule has 104 valence electrons. The molecule has 1 saturated heterocycles. The Hall–Kier alpha value is -1.55. The average molecular weight is 263 g/mol. The van der Waals surface area contributed by atoms with E-state index in [4.69, 9.17) is 4.74 Å². The van der Waals surface area contributed by atoms with Gasteiger partial charge in [-0.15, -0.1) is 0 Å². The summed E-state index contributed by atoms with van der Waals surface area (Å²) in [5, 5.41) is 9.30. The van der Waals surface area contributed by atoms with E-state index in [2.05, 4.69) is 4.90 Å². The van der Waals surface area contributed by atoms with Crippen LogP contribution in [0.2, 0.25) is 0 Å². The van der Waals surface area contributed by atoms with E-state index in [1.165, 1.54) is 0 Å². The molecular formula is C15H21NO3. The number of anilines is 1. The average Bonchev–Trinajstić information content (AvgIpc) is 2.88. The molecule has 1 unspecified atom stereocenters. The van der Waals surface area contributed by atoms with Crippen LogP contribution in [-0.2, 0) is 4.74 Å². The fourth-order valence-electron chi connectivity index (χ4n) is 2.52. The molecule has 1 aliphatic heterocycles. The number of hydrogen-bond acceptors (Lipinski definition) is 3. The van der Waals surface area contributed by atoms with Gasteiger partial charge in [0.15, 0.2) is 0 Å². The van der Waals surface area contributed by atoms with E-state index in [0.29, 0.717) is 5.56 Å². The quantitative estimate of drug-likeness (QED) is 0.887. The van der Waals surface area contributed by atoms with Crippen LogP contribution < -0.4 is 4.90 Å². The Balaban J connectivity index is 2.25. The summed E-state index contributed by atoms with van der Waals surface area (Å²) in [5.74, 6) is -0.874. The lowest BCUT2D eigenvalue weighted by Gasteiger charge is -2.27. The first-order valence-corrected chi connectivity index (χ1v) is 6.82.